The predicted octanol–water partition coefficient (Wildman–Crippen LogP) is 3.03. The number of ether oxygens (including phenoxy) is 1. The van der Waals surface area contributed by atoms with Crippen LogP contribution >= 0.6 is 15.9 Å². The molecule has 0 aliphatic carbocycles. The van der Waals surface area contributed by atoms with E-state index in [2.05, 4.69) is 25.9 Å². The first-order valence-electron chi connectivity index (χ1n) is 4.04. The summed E-state index contributed by atoms with van der Waals surface area (Å²) >= 11 is 3.31. The van der Waals surface area contributed by atoms with Gasteiger partial charge in [-0.05, 0) is 28.1 Å². The molecule has 2 aromatic heterocycles. The smallest absolute Gasteiger partial charge is 0.219 e. The van der Waals surface area contributed by atoms with Crippen molar-refractivity contribution in [3.63, 3.8) is 0 Å². The van der Waals surface area contributed by atoms with Crippen LogP contribution in [-0.4, -0.2) is 9.97 Å². The fraction of sp³-hybridized carbons (Fsp3) is 0. The van der Waals surface area contributed by atoms with E-state index < -0.39 is 0 Å². The van der Waals surface area contributed by atoms with Crippen LogP contribution in [0.1, 0.15) is 0 Å². The molecule has 3 nitrogen and oxygen atoms in total. The lowest BCUT2D eigenvalue weighted by Crippen LogP contribution is -1.87. The largest absolute Gasteiger partial charge is 0.437 e. The van der Waals surface area contributed by atoms with E-state index in [0.717, 1.165) is 4.47 Å². The number of pyridine rings is 2. The predicted molar refractivity (Wildman–Crippen MR) is 56.2 cm³/mol. The second kappa shape index (κ2) is 4.19. The van der Waals surface area contributed by atoms with Gasteiger partial charge < -0.3 is 4.74 Å². The fourth-order valence-corrected chi connectivity index (χ4v) is 1.32. The lowest BCUT2D eigenvalue weighted by atomic mass is 10.4. The Balaban J connectivity index is 2.19. The summed E-state index contributed by atoms with van der Waals surface area (Å²) in [4.78, 5) is 8.02. The first kappa shape index (κ1) is 9.15. The van der Waals surface area contributed by atoms with Gasteiger partial charge in [0.1, 0.15) is 5.75 Å². The third-order valence-electron chi connectivity index (χ3n) is 1.54. The highest BCUT2D eigenvalue weighted by Gasteiger charge is 1.97. The van der Waals surface area contributed by atoms with Crippen molar-refractivity contribution < 1.29 is 4.74 Å². The Bertz CT molecular complexity index is 419. The van der Waals surface area contributed by atoms with E-state index in [4.69, 9.17) is 4.74 Å². The van der Waals surface area contributed by atoms with E-state index in [1.54, 1.807) is 24.7 Å². The van der Waals surface area contributed by atoms with Crippen molar-refractivity contribution in [2.24, 2.45) is 0 Å². The summed E-state index contributed by atoms with van der Waals surface area (Å²) in [5.41, 5.74) is 0. The van der Waals surface area contributed by atoms with Gasteiger partial charge in [-0.25, -0.2) is 4.98 Å². The molecular formula is C10H7BrN2O. The molecule has 0 aliphatic heterocycles. The van der Waals surface area contributed by atoms with Gasteiger partial charge >= 0.3 is 0 Å². The van der Waals surface area contributed by atoms with Crippen LogP contribution < -0.4 is 4.74 Å². The SMILES string of the molecule is Brc1cncc(Oc2ccccn2)c1. The van der Waals surface area contributed by atoms with Gasteiger partial charge in [-0.2, -0.15) is 0 Å². The van der Waals surface area contributed by atoms with Gasteiger partial charge in [0.25, 0.3) is 0 Å². The quantitative estimate of drug-likeness (QED) is 0.822. The van der Waals surface area contributed by atoms with Gasteiger partial charge in [0.05, 0.1) is 6.20 Å². The number of hydrogen-bond donors (Lipinski definition) is 0. The Morgan fingerprint density at radius 1 is 1.21 bits per heavy atom. The van der Waals surface area contributed by atoms with Crippen LogP contribution in [0.5, 0.6) is 11.6 Å². The third kappa shape index (κ3) is 2.29. The average molecular weight is 251 g/mol. The summed E-state index contributed by atoms with van der Waals surface area (Å²) in [6, 6.07) is 7.34. The van der Waals surface area contributed by atoms with Gasteiger partial charge in [-0.3, -0.25) is 4.98 Å². The van der Waals surface area contributed by atoms with Gasteiger partial charge in [0.15, 0.2) is 0 Å². The van der Waals surface area contributed by atoms with Gasteiger partial charge in [-0.1, -0.05) is 6.07 Å². The Hall–Kier alpha value is -1.42. The fourth-order valence-electron chi connectivity index (χ4n) is 0.976. The van der Waals surface area contributed by atoms with Crippen LogP contribution in [0.2, 0.25) is 0 Å². The summed E-state index contributed by atoms with van der Waals surface area (Å²) in [5, 5.41) is 0. The van der Waals surface area contributed by atoms with Crippen LogP contribution in [0.15, 0.2) is 47.3 Å². The van der Waals surface area contributed by atoms with E-state index in [-0.39, 0.29) is 0 Å². The van der Waals surface area contributed by atoms with Crippen LogP contribution in [0.4, 0.5) is 0 Å². The zero-order valence-electron chi connectivity index (χ0n) is 7.22. The maximum Gasteiger partial charge on any atom is 0.219 e. The molecule has 4 heteroatoms. The zero-order chi connectivity index (χ0) is 9.80. The minimum atomic E-state index is 0.562. The minimum absolute atomic E-state index is 0.562. The summed E-state index contributed by atoms with van der Waals surface area (Å²) in [6.07, 6.45) is 5.02. The second-order valence-electron chi connectivity index (χ2n) is 2.61. The van der Waals surface area contributed by atoms with E-state index in [1.165, 1.54) is 0 Å². The van der Waals surface area contributed by atoms with Gasteiger partial charge in [0, 0.05) is 22.9 Å². The maximum atomic E-state index is 5.46. The number of rotatable bonds is 2. The Labute approximate surface area is 89.9 Å². The molecule has 0 aromatic carbocycles. The topological polar surface area (TPSA) is 35.0 Å². The molecular weight excluding hydrogens is 244 g/mol. The molecule has 0 fully saturated rings. The molecule has 0 saturated carbocycles. The van der Waals surface area contributed by atoms with Crippen molar-refractivity contribution in [3.05, 3.63) is 47.3 Å². The van der Waals surface area contributed by atoms with Crippen LogP contribution in [0.25, 0.3) is 0 Å². The third-order valence-corrected chi connectivity index (χ3v) is 1.97. The van der Waals surface area contributed by atoms with Crippen LogP contribution in [0, 0.1) is 0 Å². The number of aromatic nitrogens is 2. The van der Waals surface area contributed by atoms with Crippen molar-refractivity contribution >= 4 is 15.9 Å². The average Bonchev–Trinajstić information content (AvgIpc) is 2.19. The maximum absolute atomic E-state index is 5.46. The lowest BCUT2D eigenvalue weighted by Gasteiger charge is -2.02. The molecule has 14 heavy (non-hydrogen) atoms. The first-order valence-corrected chi connectivity index (χ1v) is 4.83. The van der Waals surface area contributed by atoms with Gasteiger partial charge in [-0.15, -0.1) is 0 Å². The molecule has 0 atom stereocenters. The highest BCUT2D eigenvalue weighted by molar-refractivity contribution is 9.10. The number of nitrogens with zero attached hydrogens (tertiary/aromatic N) is 2. The molecule has 0 bridgehead atoms. The number of hydrogen-bond acceptors (Lipinski definition) is 3. The minimum Gasteiger partial charge on any atom is -0.437 e. The summed E-state index contributed by atoms with van der Waals surface area (Å²) < 4.78 is 6.34. The highest BCUT2D eigenvalue weighted by atomic mass is 79.9. The van der Waals surface area contributed by atoms with E-state index in [0.29, 0.717) is 11.6 Å². The number of halogens is 1. The standard InChI is InChI=1S/C10H7BrN2O/c11-8-5-9(7-12-6-8)14-10-3-1-2-4-13-10/h1-7H. The summed E-state index contributed by atoms with van der Waals surface area (Å²) in [7, 11) is 0. The van der Waals surface area contributed by atoms with Crippen LogP contribution in [-0.2, 0) is 0 Å². The van der Waals surface area contributed by atoms with Crippen LogP contribution in [0.3, 0.4) is 0 Å². The Kier molecular flexibility index (Phi) is 2.74. The van der Waals surface area contributed by atoms with Crippen molar-refractivity contribution in [3.8, 4) is 11.6 Å². The van der Waals surface area contributed by atoms with Crippen molar-refractivity contribution in [1.29, 1.82) is 0 Å². The molecule has 70 valence electrons. The molecule has 0 aliphatic rings. The van der Waals surface area contributed by atoms with E-state index in [9.17, 15) is 0 Å². The van der Waals surface area contributed by atoms with Crippen molar-refractivity contribution in [2.45, 2.75) is 0 Å². The molecule has 0 spiro atoms. The van der Waals surface area contributed by atoms with E-state index >= 15 is 0 Å². The highest BCUT2D eigenvalue weighted by Crippen LogP contribution is 2.20. The lowest BCUT2D eigenvalue weighted by molar-refractivity contribution is 0.460. The first-order chi connectivity index (χ1) is 6.84. The molecule has 0 unspecified atom stereocenters. The molecule has 2 rings (SSSR count). The van der Waals surface area contributed by atoms with Gasteiger partial charge in [0.2, 0.25) is 5.88 Å². The Morgan fingerprint density at radius 2 is 2.14 bits per heavy atom. The molecule has 2 heterocycles. The van der Waals surface area contributed by atoms with E-state index in [1.807, 2.05) is 18.2 Å². The normalized spacial score (nSPS) is 9.79. The molecule has 0 radical (unpaired) electrons. The Morgan fingerprint density at radius 3 is 2.86 bits per heavy atom. The molecule has 0 saturated heterocycles. The summed E-state index contributed by atoms with van der Waals surface area (Å²) in [6.45, 7) is 0. The molecule has 0 amide bonds. The zero-order valence-corrected chi connectivity index (χ0v) is 8.81. The molecule has 2 aromatic rings. The molecule has 0 N–H and O–H groups in total. The monoisotopic (exact) mass is 250 g/mol. The van der Waals surface area contributed by atoms with Crippen molar-refractivity contribution in [1.82, 2.24) is 9.97 Å². The summed E-state index contributed by atoms with van der Waals surface area (Å²) in [5.74, 6) is 1.23. The second-order valence-corrected chi connectivity index (χ2v) is 3.52. The van der Waals surface area contributed by atoms with Crippen molar-refractivity contribution in [2.75, 3.05) is 0 Å².